The van der Waals surface area contributed by atoms with Crippen LogP contribution in [0.25, 0.3) is 0 Å². The number of allylic oxidation sites excluding steroid dienone is 4. The molecule has 0 aromatic heterocycles. The van der Waals surface area contributed by atoms with Crippen LogP contribution in [0.2, 0.25) is 0 Å². The van der Waals surface area contributed by atoms with Gasteiger partial charge in [0.2, 0.25) is 0 Å². The van der Waals surface area contributed by atoms with Gasteiger partial charge in [-0.1, -0.05) is 24.3 Å². The first-order valence-electron chi connectivity index (χ1n) is 5.78. The maximum absolute atomic E-state index is 12.9. The van der Waals surface area contributed by atoms with Gasteiger partial charge in [-0.3, -0.25) is 0 Å². The van der Waals surface area contributed by atoms with Crippen LogP contribution in [0, 0.1) is 11.8 Å². The highest BCUT2D eigenvalue weighted by molar-refractivity contribution is 5.94. The minimum Gasteiger partial charge on any atom is -0.462 e. The Bertz CT molecular complexity index is 444. The molecule has 2 unspecified atom stereocenters. The molecular weight excluding hydrogens is 245 g/mol. The van der Waals surface area contributed by atoms with E-state index in [2.05, 4.69) is 4.74 Å². The van der Waals surface area contributed by atoms with Crippen molar-refractivity contribution in [3.63, 3.8) is 0 Å². The zero-order valence-corrected chi connectivity index (χ0v) is 9.83. The molecule has 0 heterocycles. The minimum absolute atomic E-state index is 0.0597. The summed E-state index contributed by atoms with van der Waals surface area (Å²) in [5.41, 5.74) is -1.23. The van der Waals surface area contributed by atoms with E-state index < -0.39 is 17.7 Å². The fourth-order valence-corrected chi connectivity index (χ4v) is 2.27. The Labute approximate surface area is 103 Å². The van der Waals surface area contributed by atoms with Gasteiger partial charge < -0.3 is 4.74 Å². The Hall–Kier alpha value is -1.52. The molecule has 0 saturated carbocycles. The van der Waals surface area contributed by atoms with Crippen LogP contribution in [-0.4, -0.2) is 18.8 Å². The fourth-order valence-electron chi connectivity index (χ4n) is 2.27. The SMILES string of the molecule is CCOC(=O)C1=CC2CC=CC2C=C1C(F)(F)F. The Kier molecular flexibility index (Phi) is 3.32. The molecule has 0 aromatic rings. The van der Waals surface area contributed by atoms with E-state index in [0.717, 1.165) is 6.08 Å². The molecule has 2 aliphatic carbocycles. The molecule has 0 saturated heterocycles. The van der Waals surface area contributed by atoms with Gasteiger partial charge in [0.25, 0.3) is 0 Å². The molecule has 0 spiro atoms. The van der Waals surface area contributed by atoms with Gasteiger partial charge in [0.15, 0.2) is 0 Å². The van der Waals surface area contributed by atoms with Crippen molar-refractivity contribution in [3.8, 4) is 0 Å². The minimum atomic E-state index is -4.53. The summed E-state index contributed by atoms with van der Waals surface area (Å²) in [4.78, 5) is 11.6. The van der Waals surface area contributed by atoms with Gasteiger partial charge in [-0.05, 0) is 19.3 Å². The Morgan fingerprint density at radius 2 is 2.17 bits per heavy atom. The van der Waals surface area contributed by atoms with Crippen molar-refractivity contribution in [1.29, 1.82) is 0 Å². The van der Waals surface area contributed by atoms with Crippen molar-refractivity contribution in [2.75, 3.05) is 6.61 Å². The summed E-state index contributed by atoms with van der Waals surface area (Å²) < 4.78 is 43.4. The second-order valence-corrected chi connectivity index (χ2v) is 4.28. The molecule has 5 heteroatoms. The van der Waals surface area contributed by atoms with Crippen LogP contribution in [0.3, 0.4) is 0 Å². The number of ether oxygens (including phenoxy) is 1. The van der Waals surface area contributed by atoms with Gasteiger partial charge in [-0.25, -0.2) is 4.79 Å². The lowest BCUT2D eigenvalue weighted by molar-refractivity contribution is -0.140. The van der Waals surface area contributed by atoms with E-state index in [-0.39, 0.29) is 24.0 Å². The maximum atomic E-state index is 12.9. The van der Waals surface area contributed by atoms with Crippen LogP contribution in [-0.2, 0) is 9.53 Å². The third kappa shape index (κ3) is 2.35. The highest BCUT2D eigenvalue weighted by Crippen LogP contribution is 2.41. The third-order valence-corrected chi connectivity index (χ3v) is 3.09. The lowest BCUT2D eigenvalue weighted by atomic mass is 9.83. The lowest BCUT2D eigenvalue weighted by Crippen LogP contribution is -2.25. The lowest BCUT2D eigenvalue weighted by Gasteiger charge is -2.24. The average molecular weight is 258 g/mol. The molecule has 2 nitrogen and oxygen atoms in total. The molecule has 0 fully saturated rings. The highest BCUT2D eigenvalue weighted by Gasteiger charge is 2.42. The topological polar surface area (TPSA) is 26.3 Å². The fraction of sp³-hybridized carbons (Fsp3) is 0.462. The number of hydrogen-bond acceptors (Lipinski definition) is 2. The van der Waals surface area contributed by atoms with Gasteiger partial charge in [-0.15, -0.1) is 0 Å². The molecule has 2 aliphatic rings. The second kappa shape index (κ2) is 4.63. The summed E-state index contributed by atoms with van der Waals surface area (Å²) in [6.45, 7) is 1.63. The van der Waals surface area contributed by atoms with Crippen molar-refractivity contribution in [1.82, 2.24) is 0 Å². The standard InChI is InChI=1S/C13H13F3O2/c1-2-18-12(17)10-6-8-4-3-5-9(8)7-11(10)13(14,15)16/h3,5-9H,2,4H2,1H3. The first-order valence-corrected chi connectivity index (χ1v) is 5.78. The van der Waals surface area contributed by atoms with E-state index in [0.29, 0.717) is 6.42 Å². The predicted octanol–water partition coefficient (Wildman–Crippen LogP) is 3.17. The highest BCUT2D eigenvalue weighted by atomic mass is 19.4. The zero-order valence-electron chi connectivity index (χ0n) is 9.83. The predicted molar refractivity (Wildman–Crippen MR) is 59.6 cm³/mol. The maximum Gasteiger partial charge on any atom is 0.416 e. The third-order valence-electron chi connectivity index (χ3n) is 3.09. The summed E-state index contributed by atoms with van der Waals surface area (Å²) in [6.07, 6.45) is 2.24. The number of esters is 1. The summed E-state index contributed by atoms with van der Waals surface area (Å²) >= 11 is 0. The molecule has 0 aromatic carbocycles. The van der Waals surface area contributed by atoms with E-state index in [9.17, 15) is 18.0 Å². The van der Waals surface area contributed by atoms with Crippen LogP contribution in [0.5, 0.6) is 0 Å². The van der Waals surface area contributed by atoms with Crippen LogP contribution in [0.1, 0.15) is 13.3 Å². The molecule has 2 atom stereocenters. The van der Waals surface area contributed by atoms with E-state index in [1.165, 1.54) is 6.08 Å². The number of rotatable bonds is 2. The molecule has 0 radical (unpaired) electrons. The summed E-state index contributed by atoms with van der Waals surface area (Å²) in [5, 5.41) is 0. The average Bonchev–Trinajstić information content (AvgIpc) is 2.73. The number of carbonyl (C=O) groups is 1. The molecule has 0 aliphatic heterocycles. The molecule has 0 amide bonds. The molecule has 0 bridgehead atoms. The number of fused-ring (bicyclic) bond motifs is 1. The van der Waals surface area contributed by atoms with Crippen molar-refractivity contribution < 1.29 is 22.7 Å². The van der Waals surface area contributed by atoms with Crippen LogP contribution in [0.15, 0.2) is 35.5 Å². The monoisotopic (exact) mass is 258 g/mol. The smallest absolute Gasteiger partial charge is 0.416 e. The van der Waals surface area contributed by atoms with Crippen molar-refractivity contribution >= 4 is 5.97 Å². The van der Waals surface area contributed by atoms with Gasteiger partial charge >= 0.3 is 12.1 Å². The molecule has 98 valence electrons. The summed E-state index contributed by atoms with van der Waals surface area (Å²) in [5.74, 6) is -1.22. The van der Waals surface area contributed by atoms with Gasteiger partial charge in [0, 0.05) is 5.92 Å². The molecular formula is C13H13F3O2. The first kappa shape index (κ1) is 12.9. The Balaban J connectivity index is 2.35. The van der Waals surface area contributed by atoms with Crippen LogP contribution < -0.4 is 0 Å². The number of hydrogen-bond donors (Lipinski definition) is 0. The molecule has 18 heavy (non-hydrogen) atoms. The second-order valence-electron chi connectivity index (χ2n) is 4.28. The van der Waals surface area contributed by atoms with Crippen molar-refractivity contribution in [2.45, 2.75) is 19.5 Å². The largest absolute Gasteiger partial charge is 0.462 e. The summed E-state index contributed by atoms with van der Waals surface area (Å²) in [7, 11) is 0. The van der Waals surface area contributed by atoms with E-state index in [1.54, 1.807) is 13.0 Å². The van der Waals surface area contributed by atoms with E-state index >= 15 is 0 Å². The van der Waals surface area contributed by atoms with Gasteiger partial charge in [0.05, 0.1) is 17.8 Å². The number of halogens is 3. The van der Waals surface area contributed by atoms with Crippen LogP contribution >= 0.6 is 0 Å². The van der Waals surface area contributed by atoms with Crippen LogP contribution in [0.4, 0.5) is 13.2 Å². The Morgan fingerprint density at radius 3 is 2.78 bits per heavy atom. The van der Waals surface area contributed by atoms with E-state index in [4.69, 9.17) is 0 Å². The normalized spacial score (nSPS) is 26.4. The van der Waals surface area contributed by atoms with Gasteiger partial charge in [-0.2, -0.15) is 13.2 Å². The van der Waals surface area contributed by atoms with Crippen molar-refractivity contribution in [2.24, 2.45) is 11.8 Å². The zero-order chi connectivity index (χ0) is 13.3. The van der Waals surface area contributed by atoms with Gasteiger partial charge in [0.1, 0.15) is 0 Å². The molecule has 0 N–H and O–H groups in total. The Morgan fingerprint density at radius 1 is 1.44 bits per heavy atom. The first-order chi connectivity index (χ1) is 8.43. The van der Waals surface area contributed by atoms with E-state index in [1.807, 2.05) is 6.08 Å². The summed E-state index contributed by atoms with van der Waals surface area (Å²) in [6, 6.07) is 0. The quantitative estimate of drug-likeness (QED) is 0.561. The van der Waals surface area contributed by atoms with Crippen molar-refractivity contribution in [3.05, 3.63) is 35.5 Å². The number of alkyl halides is 3. The molecule has 2 rings (SSSR count). The number of carbonyl (C=O) groups excluding carboxylic acids is 1.